The van der Waals surface area contributed by atoms with E-state index in [1.54, 1.807) is 0 Å². The maximum atomic E-state index is 6.04. The molecule has 0 amide bonds. The number of anilines is 1. The van der Waals surface area contributed by atoms with Crippen LogP contribution in [-0.4, -0.2) is 18.0 Å². The third-order valence-electron chi connectivity index (χ3n) is 3.26. The summed E-state index contributed by atoms with van der Waals surface area (Å²) in [7, 11) is 0. The lowest BCUT2D eigenvalue weighted by Gasteiger charge is -2.18. The van der Waals surface area contributed by atoms with Gasteiger partial charge in [-0.15, -0.1) is 0 Å². The van der Waals surface area contributed by atoms with Gasteiger partial charge >= 0.3 is 0 Å². The van der Waals surface area contributed by atoms with Gasteiger partial charge in [0.15, 0.2) is 0 Å². The number of fused-ring (bicyclic) bond motifs is 1. The maximum Gasteiger partial charge on any atom is 0.0870 e. The van der Waals surface area contributed by atoms with Crippen LogP contribution in [0.25, 0.3) is 0 Å². The van der Waals surface area contributed by atoms with Gasteiger partial charge in [0.1, 0.15) is 0 Å². The molecule has 4 nitrogen and oxygen atoms in total. The molecule has 4 N–H and O–H groups in total. The molecule has 4 heteroatoms. The molecular formula is C15H16N4. The molecule has 1 aliphatic carbocycles. The number of nitrogens with zero attached hydrogens (tertiary/aromatic N) is 2. The minimum Gasteiger partial charge on any atom is -0.399 e. The molecule has 0 radical (unpaired) electrons. The summed E-state index contributed by atoms with van der Waals surface area (Å²) < 4.78 is 0. The molecule has 0 atom stereocenters. The number of aliphatic imine (C=N–C) groups is 2. The van der Waals surface area contributed by atoms with Crippen LogP contribution in [0.1, 0.15) is 12.8 Å². The highest BCUT2D eigenvalue weighted by atomic mass is 14.8. The first-order chi connectivity index (χ1) is 9.22. The zero-order valence-electron chi connectivity index (χ0n) is 10.6. The van der Waals surface area contributed by atoms with Gasteiger partial charge in [-0.2, -0.15) is 0 Å². The highest BCUT2D eigenvalue weighted by molar-refractivity contribution is 6.24. The van der Waals surface area contributed by atoms with Crippen molar-refractivity contribution in [2.75, 3.05) is 12.3 Å². The number of benzene rings is 1. The fourth-order valence-corrected chi connectivity index (χ4v) is 2.24. The molecule has 96 valence electrons. The molecule has 0 fully saturated rings. The van der Waals surface area contributed by atoms with E-state index in [4.69, 9.17) is 11.5 Å². The smallest absolute Gasteiger partial charge is 0.0870 e. The molecule has 0 spiro atoms. The van der Waals surface area contributed by atoms with Crippen molar-refractivity contribution >= 4 is 22.8 Å². The summed E-state index contributed by atoms with van der Waals surface area (Å²) in [6, 6.07) is 7.45. The molecule has 0 unspecified atom stereocenters. The van der Waals surface area contributed by atoms with Crippen LogP contribution in [0.15, 0.2) is 57.7 Å². The lowest BCUT2D eigenvalue weighted by atomic mass is 9.94. The van der Waals surface area contributed by atoms with E-state index in [9.17, 15) is 0 Å². The Morgan fingerprint density at radius 3 is 2.63 bits per heavy atom. The van der Waals surface area contributed by atoms with Crippen molar-refractivity contribution < 1.29 is 0 Å². The van der Waals surface area contributed by atoms with Gasteiger partial charge in [-0.1, -0.05) is 0 Å². The van der Waals surface area contributed by atoms with Crippen molar-refractivity contribution in [3.8, 4) is 0 Å². The van der Waals surface area contributed by atoms with Crippen molar-refractivity contribution in [3.63, 3.8) is 0 Å². The first-order valence-electron chi connectivity index (χ1n) is 6.39. The van der Waals surface area contributed by atoms with Gasteiger partial charge in [-0.25, -0.2) is 4.99 Å². The summed E-state index contributed by atoms with van der Waals surface area (Å²) in [5.41, 5.74) is 17.0. The molecule has 0 saturated carbocycles. The topological polar surface area (TPSA) is 76.8 Å². The van der Waals surface area contributed by atoms with Crippen LogP contribution >= 0.6 is 0 Å². The molecule has 0 bridgehead atoms. The predicted octanol–water partition coefficient (Wildman–Crippen LogP) is 2.36. The molecule has 3 rings (SSSR count). The monoisotopic (exact) mass is 252 g/mol. The third kappa shape index (κ3) is 2.42. The minimum atomic E-state index is 0.668. The second-order valence-electron chi connectivity index (χ2n) is 4.73. The van der Waals surface area contributed by atoms with Gasteiger partial charge in [-0.3, -0.25) is 4.99 Å². The quantitative estimate of drug-likeness (QED) is 0.594. The third-order valence-corrected chi connectivity index (χ3v) is 3.26. The SMILES string of the molecule is NC1=CC2=NCCCC2=CC1=Nc1ccc(N)cc1. The van der Waals surface area contributed by atoms with Crippen molar-refractivity contribution in [1.29, 1.82) is 0 Å². The summed E-state index contributed by atoms with van der Waals surface area (Å²) in [6.07, 6.45) is 6.11. The Bertz CT molecular complexity index is 618. The minimum absolute atomic E-state index is 0.668. The zero-order chi connectivity index (χ0) is 13.2. The van der Waals surface area contributed by atoms with Gasteiger partial charge < -0.3 is 11.5 Å². The summed E-state index contributed by atoms with van der Waals surface area (Å²) in [6.45, 7) is 0.890. The average molecular weight is 252 g/mol. The fourth-order valence-electron chi connectivity index (χ4n) is 2.24. The number of allylic oxidation sites excluding steroid dienone is 3. The molecule has 2 aliphatic rings. The molecule has 0 saturated heterocycles. The predicted molar refractivity (Wildman–Crippen MR) is 79.8 cm³/mol. The lowest BCUT2D eigenvalue weighted by Crippen LogP contribution is -2.21. The van der Waals surface area contributed by atoms with Gasteiger partial charge in [0, 0.05) is 12.2 Å². The van der Waals surface area contributed by atoms with Crippen molar-refractivity contribution in [2.45, 2.75) is 12.8 Å². The molecule has 1 aromatic rings. The van der Waals surface area contributed by atoms with Crippen LogP contribution in [0, 0.1) is 0 Å². The Kier molecular flexibility index (Phi) is 2.91. The number of nitrogen functional groups attached to an aromatic ring is 1. The first kappa shape index (κ1) is 11.7. The Morgan fingerprint density at radius 1 is 1.05 bits per heavy atom. The number of nitrogens with two attached hydrogens (primary N) is 2. The van der Waals surface area contributed by atoms with Crippen LogP contribution in [0.5, 0.6) is 0 Å². The van der Waals surface area contributed by atoms with E-state index in [1.807, 2.05) is 36.4 Å². The van der Waals surface area contributed by atoms with Gasteiger partial charge in [-0.05, 0) is 54.8 Å². The normalized spacial score (nSPS) is 20.4. The number of hydrogen-bond donors (Lipinski definition) is 2. The van der Waals surface area contributed by atoms with E-state index in [-0.39, 0.29) is 0 Å². The first-order valence-corrected chi connectivity index (χ1v) is 6.39. The highest BCUT2D eigenvalue weighted by Crippen LogP contribution is 2.22. The Labute approximate surface area is 112 Å². The van der Waals surface area contributed by atoms with Crippen LogP contribution in [0.2, 0.25) is 0 Å². The Morgan fingerprint density at radius 2 is 1.84 bits per heavy atom. The Hall–Kier alpha value is -2.36. The Balaban J connectivity index is 1.97. The van der Waals surface area contributed by atoms with Crippen molar-refractivity contribution in [3.05, 3.63) is 47.7 Å². The largest absolute Gasteiger partial charge is 0.399 e. The van der Waals surface area contributed by atoms with Gasteiger partial charge in [0.25, 0.3) is 0 Å². The zero-order valence-corrected chi connectivity index (χ0v) is 10.6. The van der Waals surface area contributed by atoms with E-state index >= 15 is 0 Å². The van der Waals surface area contributed by atoms with Crippen molar-refractivity contribution in [1.82, 2.24) is 0 Å². The fraction of sp³-hybridized carbons (Fsp3) is 0.200. The molecule has 1 aromatic carbocycles. The molecule has 0 aromatic heterocycles. The van der Waals surface area contributed by atoms with Crippen LogP contribution in [-0.2, 0) is 0 Å². The summed E-state index contributed by atoms with van der Waals surface area (Å²) in [5, 5.41) is 0. The summed E-state index contributed by atoms with van der Waals surface area (Å²) in [5.74, 6) is 0. The van der Waals surface area contributed by atoms with E-state index in [0.29, 0.717) is 5.70 Å². The summed E-state index contributed by atoms with van der Waals surface area (Å²) in [4.78, 5) is 9.04. The second-order valence-corrected chi connectivity index (χ2v) is 4.73. The number of hydrogen-bond acceptors (Lipinski definition) is 4. The maximum absolute atomic E-state index is 6.04. The van der Waals surface area contributed by atoms with Gasteiger partial charge in [0.05, 0.1) is 22.8 Å². The standard InChI is InChI=1S/C15H16N4/c16-11-3-5-12(6-4-11)19-15-8-10-2-1-7-18-14(10)9-13(15)17/h3-6,8-9H,1-2,7,16-17H2. The van der Waals surface area contributed by atoms with E-state index in [1.165, 1.54) is 5.57 Å². The molecule has 1 aliphatic heterocycles. The molecule has 1 heterocycles. The summed E-state index contributed by atoms with van der Waals surface area (Å²) >= 11 is 0. The second kappa shape index (κ2) is 4.72. The van der Waals surface area contributed by atoms with E-state index in [0.717, 1.165) is 42.2 Å². The lowest BCUT2D eigenvalue weighted by molar-refractivity contribution is 0.816. The van der Waals surface area contributed by atoms with Crippen LogP contribution in [0.4, 0.5) is 11.4 Å². The molecular weight excluding hydrogens is 236 g/mol. The van der Waals surface area contributed by atoms with Gasteiger partial charge in [0.2, 0.25) is 0 Å². The van der Waals surface area contributed by atoms with E-state index in [2.05, 4.69) is 9.98 Å². The van der Waals surface area contributed by atoms with Crippen LogP contribution < -0.4 is 11.5 Å². The molecule has 19 heavy (non-hydrogen) atoms. The van der Waals surface area contributed by atoms with Crippen LogP contribution in [0.3, 0.4) is 0 Å². The number of rotatable bonds is 1. The van der Waals surface area contributed by atoms with E-state index < -0.39 is 0 Å². The highest BCUT2D eigenvalue weighted by Gasteiger charge is 2.17. The van der Waals surface area contributed by atoms with Crippen molar-refractivity contribution in [2.24, 2.45) is 15.7 Å². The average Bonchev–Trinajstić information content (AvgIpc) is 2.42.